The van der Waals surface area contributed by atoms with Crippen molar-refractivity contribution in [3.8, 4) is 0 Å². The third-order valence-electron chi connectivity index (χ3n) is 4.19. The van der Waals surface area contributed by atoms with Crippen LogP contribution in [0.2, 0.25) is 0 Å². The third-order valence-corrected chi connectivity index (χ3v) is 4.68. The second-order valence-corrected chi connectivity index (χ2v) is 6.80. The molecule has 9 heteroatoms. The molecule has 0 aliphatic heterocycles. The van der Waals surface area contributed by atoms with Gasteiger partial charge < -0.3 is 14.4 Å². The van der Waals surface area contributed by atoms with Crippen LogP contribution in [0.15, 0.2) is 40.9 Å². The Morgan fingerprint density at radius 1 is 1.33 bits per heavy atom. The zero-order chi connectivity index (χ0) is 19.6. The average molecular weight is 434 g/mol. The molecule has 0 radical (unpaired) electrons. The first-order valence-corrected chi connectivity index (χ1v) is 8.84. The highest BCUT2D eigenvalue weighted by molar-refractivity contribution is 9.10. The Morgan fingerprint density at radius 2 is 2.11 bits per heavy atom. The highest BCUT2D eigenvalue weighted by Gasteiger charge is 2.19. The number of imidazole rings is 1. The maximum Gasteiger partial charge on any atom is 0.335 e. The second kappa shape index (κ2) is 7.85. The Bertz CT molecular complexity index is 1030. The van der Waals surface area contributed by atoms with Gasteiger partial charge in [-0.15, -0.1) is 0 Å². The lowest BCUT2D eigenvalue weighted by Crippen LogP contribution is -2.10. The van der Waals surface area contributed by atoms with Gasteiger partial charge in [0.15, 0.2) is 0 Å². The molecule has 1 heterocycles. The number of fused-ring (bicyclic) bond motifs is 1. The van der Waals surface area contributed by atoms with Crippen molar-refractivity contribution in [3.05, 3.63) is 67.9 Å². The number of carboxylic acid groups (broad SMARTS) is 1. The molecule has 0 saturated carbocycles. The van der Waals surface area contributed by atoms with Crippen LogP contribution in [0.25, 0.3) is 11.0 Å². The summed E-state index contributed by atoms with van der Waals surface area (Å²) in [5, 5.41) is 20.6. The van der Waals surface area contributed by atoms with Crippen LogP contribution in [-0.4, -0.2) is 39.3 Å². The summed E-state index contributed by atoms with van der Waals surface area (Å²) < 4.78 is 7.61. The molecule has 0 amide bonds. The third kappa shape index (κ3) is 3.99. The molecular weight excluding hydrogens is 418 g/mol. The topological polar surface area (TPSA) is 107 Å². The fourth-order valence-electron chi connectivity index (χ4n) is 2.90. The number of ether oxygens (including phenoxy) is 1. The molecule has 0 fully saturated rings. The first-order chi connectivity index (χ1) is 12.9. The van der Waals surface area contributed by atoms with Crippen molar-refractivity contribution in [1.29, 1.82) is 0 Å². The van der Waals surface area contributed by atoms with Crippen molar-refractivity contribution in [2.24, 2.45) is 0 Å². The summed E-state index contributed by atoms with van der Waals surface area (Å²) in [6.07, 6.45) is 0.240. The maximum atomic E-state index is 11.4. The van der Waals surface area contributed by atoms with Crippen LogP contribution in [-0.2, 0) is 17.7 Å². The lowest BCUT2D eigenvalue weighted by atomic mass is 10.1. The van der Waals surface area contributed by atoms with E-state index in [2.05, 4.69) is 20.9 Å². The number of nitrogens with zero attached hydrogens (tertiary/aromatic N) is 3. The Kier molecular flexibility index (Phi) is 5.52. The first-order valence-electron chi connectivity index (χ1n) is 8.05. The van der Waals surface area contributed by atoms with Gasteiger partial charge in [-0.25, -0.2) is 9.78 Å². The Morgan fingerprint density at radius 3 is 2.78 bits per heavy atom. The fraction of sp³-hybridized carbons (Fsp3) is 0.222. The van der Waals surface area contributed by atoms with Crippen LogP contribution < -0.4 is 0 Å². The summed E-state index contributed by atoms with van der Waals surface area (Å²) in [6, 6.07) is 9.57. The normalized spacial score (nSPS) is 11.0. The standard InChI is InChI=1S/C18H16BrN3O5/c1-27-7-6-21-16-8-12(18(23)24)3-5-14(16)20-17(21)9-11-2-4-13(19)10-15(11)22(25)26/h2-5,8,10H,6-7,9H2,1H3,(H,23,24). The summed E-state index contributed by atoms with van der Waals surface area (Å²) in [4.78, 5) is 26.8. The van der Waals surface area contributed by atoms with E-state index in [0.29, 0.717) is 40.0 Å². The Balaban J connectivity index is 2.11. The zero-order valence-electron chi connectivity index (χ0n) is 14.4. The van der Waals surface area contributed by atoms with E-state index in [0.717, 1.165) is 0 Å². The van der Waals surface area contributed by atoms with Crippen LogP contribution in [0, 0.1) is 10.1 Å². The van der Waals surface area contributed by atoms with Gasteiger partial charge in [-0.2, -0.15) is 0 Å². The van der Waals surface area contributed by atoms with Crippen LogP contribution in [0.5, 0.6) is 0 Å². The van der Waals surface area contributed by atoms with Crippen LogP contribution >= 0.6 is 15.9 Å². The molecule has 0 saturated heterocycles. The largest absolute Gasteiger partial charge is 0.478 e. The smallest absolute Gasteiger partial charge is 0.335 e. The molecule has 0 atom stereocenters. The van der Waals surface area contributed by atoms with Crippen molar-refractivity contribution in [1.82, 2.24) is 9.55 Å². The number of hydrogen-bond donors (Lipinski definition) is 1. The second-order valence-electron chi connectivity index (χ2n) is 5.89. The number of aromatic carboxylic acids is 1. The molecule has 140 valence electrons. The van der Waals surface area contributed by atoms with Gasteiger partial charge in [-0.3, -0.25) is 10.1 Å². The number of methoxy groups -OCH3 is 1. The molecule has 0 unspecified atom stereocenters. The van der Waals surface area contributed by atoms with E-state index < -0.39 is 10.9 Å². The number of nitro groups is 1. The van der Waals surface area contributed by atoms with Crippen molar-refractivity contribution in [2.45, 2.75) is 13.0 Å². The number of nitro benzene ring substituents is 1. The van der Waals surface area contributed by atoms with E-state index in [9.17, 15) is 20.0 Å². The number of hydrogen-bond acceptors (Lipinski definition) is 5. The van der Waals surface area contributed by atoms with Crippen molar-refractivity contribution < 1.29 is 19.6 Å². The van der Waals surface area contributed by atoms with Gasteiger partial charge in [0.2, 0.25) is 0 Å². The van der Waals surface area contributed by atoms with Crippen molar-refractivity contribution in [2.75, 3.05) is 13.7 Å². The molecule has 1 N–H and O–H groups in total. The van der Waals surface area contributed by atoms with Gasteiger partial charge in [-0.05, 0) is 24.3 Å². The quantitative estimate of drug-likeness (QED) is 0.450. The summed E-state index contributed by atoms with van der Waals surface area (Å²) in [7, 11) is 1.57. The maximum absolute atomic E-state index is 11.4. The first kappa shape index (κ1) is 19.0. The predicted octanol–water partition coefficient (Wildman–Crippen LogP) is 3.64. The van der Waals surface area contributed by atoms with Gasteiger partial charge in [0.1, 0.15) is 5.82 Å². The number of rotatable bonds is 7. The monoisotopic (exact) mass is 433 g/mol. The molecule has 27 heavy (non-hydrogen) atoms. The van der Waals surface area contributed by atoms with Crippen molar-refractivity contribution >= 4 is 38.6 Å². The number of carboxylic acids is 1. The lowest BCUT2D eigenvalue weighted by molar-refractivity contribution is -0.385. The van der Waals surface area contributed by atoms with Gasteiger partial charge in [0, 0.05) is 36.2 Å². The Labute approximate surface area is 162 Å². The van der Waals surface area contributed by atoms with E-state index in [4.69, 9.17) is 4.74 Å². The van der Waals surface area contributed by atoms with E-state index in [1.807, 2.05) is 4.57 Å². The SMILES string of the molecule is COCCn1c(Cc2ccc(Br)cc2[N+](=O)[O-])nc2ccc(C(=O)O)cc21. The molecule has 8 nitrogen and oxygen atoms in total. The summed E-state index contributed by atoms with van der Waals surface area (Å²) >= 11 is 3.25. The number of benzene rings is 2. The summed E-state index contributed by atoms with van der Waals surface area (Å²) in [6.45, 7) is 0.855. The van der Waals surface area contributed by atoms with Crippen molar-refractivity contribution in [3.63, 3.8) is 0 Å². The molecule has 0 bridgehead atoms. The number of aromatic nitrogens is 2. The molecule has 0 aliphatic carbocycles. The highest BCUT2D eigenvalue weighted by Crippen LogP contribution is 2.27. The van der Waals surface area contributed by atoms with Gasteiger partial charge in [0.25, 0.3) is 5.69 Å². The van der Waals surface area contributed by atoms with E-state index in [1.165, 1.54) is 12.1 Å². The number of halogens is 1. The van der Waals surface area contributed by atoms with Gasteiger partial charge in [0.05, 0.1) is 28.1 Å². The number of carbonyl (C=O) groups is 1. The fourth-order valence-corrected chi connectivity index (χ4v) is 3.25. The van der Waals surface area contributed by atoms with E-state index >= 15 is 0 Å². The molecule has 1 aromatic heterocycles. The van der Waals surface area contributed by atoms with E-state index in [1.54, 1.807) is 31.4 Å². The van der Waals surface area contributed by atoms with Crippen LogP contribution in [0.3, 0.4) is 0 Å². The molecule has 3 rings (SSSR count). The lowest BCUT2D eigenvalue weighted by Gasteiger charge is -2.09. The molecule has 3 aromatic rings. The molecule has 0 aliphatic rings. The van der Waals surface area contributed by atoms with Crippen LogP contribution in [0.4, 0.5) is 5.69 Å². The highest BCUT2D eigenvalue weighted by atomic mass is 79.9. The molecule has 2 aromatic carbocycles. The van der Waals surface area contributed by atoms with Crippen LogP contribution in [0.1, 0.15) is 21.7 Å². The van der Waals surface area contributed by atoms with Gasteiger partial charge in [-0.1, -0.05) is 22.0 Å². The zero-order valence-corrected chi connectivity index (χ0v) is 16.0. The van der Waals surface area contributed by atoms with E-state index in [-0.39, 0.29) is 17.7 Å². The minimum atomic E-state index is -1.03. The van der Waals surface area contributed by atoms with Gasteiger partial charge >= 0.3 is 5.97 Å². The minimum Gasteiger partial charge on any atom is -0.478 e. The minimum absolute atomic E-state index is 0.000877. The summed E-state index contributed by atoms with van der Waals surface area (Å²) in [5.74, 6) is -0.420. The molecular formula is C18H16BrN3O5. The average Bonchev–Trinajstić information content (AvgIpc) is 2.97. The predicted molar refractivity (Wildman–Crippen MR) is 102 cm³/mol. The summed E-state index contributed by atoms with van der Waals surface area (Å²) in [5.41, 5.74) is 1.96. The Hall–Kier alpha value is -2.78. The molecule has 0 spiro atoms.